The smallest absolute Gasteiger partial charge is 0.266 e. The van der Waals surface area contributed by atoms with Crippen molar-refractivity contribution in [3.05, 3.63) is 76.8 Å². The summed E-state index contributed by atoms with van der Waals surface area (Å²) < 4.78 is 14.5. The summed E-state index contributed by atoms with van der Waals surface area (Å²) in [6.07, 6.45) is 0.746. The van der Waals surface area contributed by atoms with E-state index in [2.05, 4.69) is 29.2 Å². The highest BCUT2D eigenvalue weighted by Crippen LogP contribution is 2.18. The summed E-state index contributed by atoms with van der Waals surface area (Å²) in [6, 6.07) is 16.8. The maximum absolute atomic E-state index is 13.1. The number of aryl methyl sites for hydroxylation is 1. The quantitative estimate of drug-likeness (QED) is 0.558. The van der Waals surface area contributed by atoms with Gasteiger partial charge < -0.3 is 10.2 Å². The third kappa shape index (κ3) is 6.01. The van der Waals surface area contributed by atoms with E-state index in [0.717, 1.165) is 30.0 Å². The predicted octanol–water partition coefficient (Wildman–Crippen LogP) is 4.31. The minimum absolute atomic E-state index is 0.113. The van der Waals surface area contributed by atoms with Gasteiger partial charge in [0.05, 0.1) is 5.69 Å². The van der Waals surface area contributed by atoms with Gasteiger partial charge in [-0.1, -0.05) is 0 Å². The molecule has 1 aromatic heterocycles. The molecule has 0 saturated carbocycles. The number of nitrogens with one attached hydrogen (secondary N) is 1. The van der Waals surface area contributed by atoms with Crippen LogP contribution in [-0.2, 0) is 11.3 Å². The molecule has 3 aromatic rings. The maximum atomic E-state index is 13.1. The molecule has 6 nitrogen and oxygen atoms in total. The van der Waals surface area contributed by atoms with Crippen molar-refractivity contribution in [2.24, 2.45) is 0 Å². The minimum Gasteiger partial charge on any atom is -0.372 e. The zero-order valence-electron chi connectivity index (χ0n) is 17.8. The molecule has 2 aromatic carbocycles. The van der Waals surface area contributed by atoms with Crippen LogP contribution in [0.15, 0.2) is 65.5 Å². The van der Waals surface area contributed by atoms with Gasteiger partial charge in [-0.3, -0.25) is 9.59 Å². The zero-order valence-corrected chi connectivity index (χ0v) is 17.8. The van der Waals surface area contributed by atoms with E-state index in [1.807, 2.05) is 24.3 Å². The molecular formula is C24H27FN4O2. The molecule has 0 fully saturated rings. The fourth-order valence-corrected chi connectivity index (χ4v) is 3.34. The molecule has 0 aliphatic heterocycles. The van der Waals surface area contributed by atoms with Crippen LogP contribution in [0.3, 0.4) is 0 Å². The summed E-state index contributed by atoms with van der Waals surface area (Å²) in [4.78, 5) is 26.6. The van der Waals surface area contributed by atoms with E-state index in [1.165, 1.54) is 22.9 Å². The molecule has 1 amide bonds. The van der Waals surface area contributed by atoms with Gasteiger partial charge in [0, 0.05) is 49.1 Å². The second-order valence-electron chi connectivity index (χ2n) is 7.16. The Morgan fingerprint density at radius 1 is 1.00 bits per heavy atom. The lowest BCUT2D eigenvalue weighted by atomic mass is 10.1. The lowest BCUT2D eigenvalue weighted by Crippen LogP contribution is -2.23. The van der Waals surface area contributed by atoms with Crippen molar-refractivity contribution in [2.75, 3.05) is 23.3 Å². The van der Waals surface area contributed by atoms with Crippen LogP contribution < -0.4 is 15.8 Å². The normalized spacial score (nSPS) is 10.7. The SMILES string of the molecule is CCN(CC)c1ccc(NC(=O)CCCn2nc(-c3ccc(F)cc3)ccc2=O)cc1. The summed E-state index contributed by atoms with van der Waals surface area (Å²) in [5.41, 5.74) is 2.93. The van der Waals surface area contributed by atoms with E-state index >= 15 is 0 Å². The second kappa shape index (κ2) is 10.5. The Morgan fingerprint density at radius 3 is 2.32 bits per heavy atom. The number of anilines is 2. The number of hydrogen-bond acceptors (Lipinski definition) is 4. The largest absolute Gasteiger partial charge is 0.372 e. The van der Waals surface area contributed by atoms with Gasteiger partial charge in [0.15, 0.2) is 0 Å². The minimum atomic E-state index is -0.328. The molecule has 0 unspecified atom stereocenters. The number of nitrogens with zero attached hydrogens (tertiary/aromatic N) is 3. The molecule has 0 bridgehead atoms. The number of carbonyl (C=O) groups is 1. The summed E-state index contributed by atoms with van der Waals surface area (Å²) in [7, 11) is 0. The van der Waals surface area contributed by atoms with Gasteiger partial charge in [0.2, 0.25) is 5.91 Å². The molecule has 31 heavy (non-hydrogen) atoms. The van der Waals surface area contributed by atoms with Gasteiger partial charge in [-0.25, -0.2) is 9.07 Å². The standard InChI is InChI=1S/C24H27FN4O2/c1-3-28(4-2)21-13-11-20(12-14-21)26-23(30)6-5-17-29-24(31)16-15-22(27-29)18-7-9-19(25)10-8-18/h7-16H,3-6,17H2,1-2H3,(H,26,30). The average molecular weight is 423 g/mol. The molecule has 1 heterocycles. The van der Waals surface area contributed by atoms with E-state index < -0.39 is 0 Å². The predicted molar refractivity (Wildman–Crippen MR) is 122 cm³/mol. The van der Waals surface area contributed by atoms with E-state index in [-0.39, 0.29) is 23.7 Å². The fourth-order valence-electron chi connectivity index (χ4n) is 3.34. The van der Waals surface area contributed by atoms with Crippen molar-refractivity contribution in [3.8, 4) is 11.3 Å². The highest BCUT2D eigenvalue weighted by molar-refractivity contribution is 5.90. The fraction of sp³-hybridized carbons (Fsp3) is 0.292. The first-order valence-electron chi connectivity index (χ1n) is 10.5. The van der Waals surface area contributed by atoms with Crippen molar-refractivity contribution in [3.63, 3.8) is 0 Å². The molecule has 0 aliphatic carbocycles. The third-order valence-electron chi connectivity index (χ3n) is 5.06. The molecule has 0 spiro atoms. The Bertz CT molecular complexity index is 1060. The summed E-state index contributed by atoms with van der Waals surface area (Å²) in [5, 5.41) is 7.23. The molecule has 3 rings (SSSR count). The molecular weight excluding hydrogens is 395 g/mol. The first-order valence-corrected chi connectivity index (χ1v) is 10.5. The highest BCUT2D eigenvalue weighted by atomic mass is 19.1. The van der Waals surface area contributed by atoms with Gasteiger partial charge in [-0.05, 0) is 74.9 Å². The number of benzene rings is 2. The molecule has 162 valence electrons. The van der Waals surface area contributed by atoms with Gasteiger partial charge >= 0.3 is 0 Å². The van der Waals surface area contributed by atoms with Crippen LogP contribution in [0.1, 0.15) is 26.7 Å². The molecule has 7 heteroatoms. The van der Waals surface area contributed by atoms with E-state index in [9.17, 15) is 14.0 Å². The first kappa shape index (κ1) is 22.2. The van der Waals surface area contributed by atoms with Gasteiger partial charge in [-0.2, -0.15) is 5.10 Å². The van der Waals surface area contributed by atoms with Gasteiger partial charge in [-0.15, -0.1) is 0 Å². The van der Waals surface area contributed by atoms with Crippen molar-refractivity contribution in [1.29, 1.82) is 0 Å². The van der Waals surface area contributed by atoms with Crippen LogP contribution in [0.5, 0.6) is 0 Å². The van der Waals surface area contributed by atoms with Crippen LogP contribution in [0.4, 0.5) is 15.8 Å². The van der Waals surface area contributed by atoms with Crippen molar-refractivity contribution < 1.29 is 9.18 Å². The van der Waals surface area contributed by atoms with E-state index in [0.29, 0.717) is 18.7 Å². The average Bonchev–Trinajstić information content (AvgIpc) is 2.77. The number of rotatable bonds is 9. The lowest BCUT2D eigenvalue weighted by molar-refractivity contribution is -0.116. The van der Waals surface area contributed by atoms with E-state index in [1.54, 1.807) is 18.2 Å². The van der Waals surface area contributed by atoms with E-state index in [4.69, 9.17) is 0 Å². The van der Waals surface area contributed by atoms with Crippen LogP contribution in [-0.4, -0.2) is 28.8 Å². The number of halogens is 1. The van der Waals surface area contributed by atoms with Gasteiger partial charge in [0.1, 0.15) is 5.82 Å². The van der Waals surface area contributed by atoms with Crippen molar-refractivity contribution in [1.82, 2.24) is 9.78 Å². The number of amides is 1. The van der Waals surface area contributed by atoms with Crippen LogP contribution in [0, 0.1) is 5.82 Å². The summed E-state index contributed by atoms with van der Waals surface area (Å²) >= 11 is 0. The first-order chi connectivity index (χ1) is 15.0. The number of hydrogen-bond donors (Lipinski definition) is 1. The van der Waals surface area contributed by atoms with Crippen LogP contribution in [0.25, 0.3) is 11.3 Å². The topological polar surface area (TPSA) is 67.2 Å². The lowest BCUT2D eigenvalue weighted by Gasteiger charge is -2.21. The third-order valence-corrected chi connectivity index (χ3v) is 5.06. The highest BCUT2D eigenvalue weighted by Gasteiger charge is 2.07. The monoisotopic (exact) mass is 422 g/mol. The zero-order chi connectivity index (χ0) is 22.2. The van der Waals surface area contributed by atoms with Crippen LogP contribution in [0.2, 0.25) is 0 Å². The number of aromatic nitrogens is 2. The van der Waals surface area contributed by atoms with Gasteiger partial charge in [0.25, 0.3) is 5.56 Å². The molecule has 0 aliphatic rings. The Hall–Kier alpha value is -3.48. The molecule has 1 N–H and O–H groups in total. The second-order valence-corrected chi connectivity index (χ2v) is 7.16. The molecule has 0 radical (unpaired) electrons. The van der Waals surface area contributed by atoms with Crippen LogP contribution >= 0.6 is 0 Å². The maximum Gasteiger partial charge on any atom is 0.266 e. The Labute approximate surface area is 181 Å². The Kier molecular flexibility index (Phi) is 7.54. The summed E-state index contributed by atoms with van der Waals surface area (Å²) in [6.45, 7) is 6.39. The van der Waals surface area contributed by atoms with Crippen molar-refractivity contribution >= 4 is 17.3 Å². The Balaban J connectivity index is 1.55. The number of carbonyl (C=O) groups excluding carboxylic acids is 1. The Morgan fingerprint density at radius 2 is 1.68 bits per heavy atom. The summed E-state index contributed by atoms with van der Waals surface area (Å²) in [5.74, 6) is -0.441. The molecule has 0 saturated heterocycles. The molecule has 0 atom stereocenters. The van der Waals surface area contributed by atoms with Crippen molar-refractivity contribution in [2.45, 2.75) is 33.2 Å².